The van der Waals surface area contributed by atoms with E-state index in [0.29, 0.717) is 11.3 Å². The summed E-state index contributed by atoms with van der Waals surface area (Å²) >= 11 is 3.26. The van der Waals surface area contributed by atoms with E-state index in [-0.39, 0.29) is 17.3 Å². The van der Waals surface area contributed by atoms with Gasteiger partial charge in [-0.2, -0.15) is 5.26 Å². The Morgan fingerprint density at radius 2 is 1.95 bits per heavy atom. The molecule has 1 aromatic heterocycles. The number of nitrogens with zero attached hydrogens (tertiary/aromatic N) is 2. The second-order valence-electron chi connectivity index (χ2n) is 4.14. The molecule has 2 aromatic rings. The predicted octanol–water partition coefficient (Wildman–Crippen LogP) is 2.57. The Labute approximate surface area is 131 Å². The van der Waals surface area contributed by atoms with Crippen molar-refractivity contribution in [3.05, 3.63) is 52.8 Å². The first-order valence-electron chi connectivity index (χ1n) is 5.97. The molecular formula is C14H11BrN2O3S. The number of halogens is 1. The Morgan fingerprint density at radius 1 is 1.24 bits per heavy atom. The average molecular weight is 367 g/mol. The van der Waals surface area contributed by atoms with Crippen molar-refractivity contribution < 1.29 is 13.2 Å². The molecule has 0 radical (unpaired) electrons. The second kappa shape index (κ2) is 6.70. The summed E-state index contributed by atoms with van der Waals surface area (Å²) in [4.78, 5) is 4.10. The van der Waals surface area contributed by atoms with Gasteiger partial charge in [0, 0.05) is 10.7 Å². The number of ether oxygens (including phenoxy) is 1. The van der Waals surface area contributed by atoms with Crippen molar-refractivity contribution in [3.8, 4) is 11.8 Å². The average Bonchev–Trinajstić information content (AvgIpc) is 2.47. The van der Waals surface area contributed by atoms with Gasteiger partial charge in [0.05, 0.1) is 28.5 Å². The maximum atomic E-state index is 12.1. The monoisotopic (exact) mass is 366 g/mol. The molecule has 0 aliphatic carbocycles. The molecule has 0 bridgehead atoms. The third-order valence-corrected chi connectivity index (χ3v) is 4.77. The number of aromatic nitrogens is 1. The summed E-state index contributed by atoms with van der Waals surface area (Å²) in [5, 5.41) is 8.69. The van der Waals surface area contributed by atoms with Gasteiger partial charge in [-0.05, 0) is 46.3 Å². The third kappa shape index (κ3) is 4.28. The van der Waals surface area contributed by atoms with Crippen molar-refractivity contribution in [1.29, 1.82) is 5.26 Å². The van der Waals surface area contributed by atoms with Crippen LogP contribution in [0.25, 0.3) is 0 Å². The summed E-state index contributed by atoms with van der Waals surface area (Å²) in [6.07, 6.45) is 3.12. The second-order valence-corrected chi connectivity index (χ2v) is 7.17. The van der Waals surface area contributed by atoms with E-state index >= 15 is 0 Å². The van der Waals surface area contributed by atoms with Crippen LogP contribution in [0, 0.1) is 11.3 Å². The highest BCUT2D eigenvalue weighted by Gasteiger charge is 2.14. The molecule has 1 aromatic carbocycles. The molecule has 0 aliphatic heterocycles. The number of sulfone groups is 1. The number of pyridine rings is 1. The Kier molecular flexibility index (Phi) is 4.94. The number of hydrogen-bond donors (Lipinski definition) is 0. The van der Waals surface area contributed by atoms with E-state index in [1.807, 2.05) is 6.07 Å². The fraction of sp³-hybridized carbons (Fsp3) is 0.143. The molecular weight excluding hydrogens is 356 g/mol. The lowest BCUT2D eigenvalue weighted by atomic mass is 10.2. The highest BCUT2D eigenvalue weighted by atomic mass is 79.9. The molecule has 0 aliphatic rings. The summed E-state index contributed by atoms with van der Waals surface area (Å²) in [5.74, 6) is 0.352. The molecule has 5 nitrogen and oxygen atoms in total. The van der Waals surface area contributed by atoms with Crippen LogP contribution in [0.3, 0.4) is 0 Å². The topological polar surface area (TPSA) is 80.0 Å². The van der Waals surface area contributed by atoms with Crippen molar-refractivity contribution in [1.82, 2.24) is 4.98 Å². The lowest BCUT2D eigenvalue weighted by molar-refractivity contribution is 0.339. The van der Waals surface area contributed by atoms with Gasteiger partial charge in [0.1, 0.15) is 12.4 Å². The Balaban J connectivity index is 1.99. The normalized spacial score (nSPS) is 10.9. The zero-order valence-corrected chi connectivity index (χ0v) is 13.3. The fourth-order valence-electron chi connectivity index (χ4n) is 1.60. The minimum absolute atomic E-state index is 0.0282. The molecule has 7 heteroatoms. The van der Waals surface area contributed by atoms with E-state index in [2.05, 4.69) is 20.9 Å². The zero-order valence-electron chi connectivity index (χ0n) is 10.9. The molecule has 0 fully saturated rings. The highest BCUT2D eigenvalue weighted by Crippen LogP contribution is 2.17. The number of rotatable bonds is 5. The van der Waals surface area contributed by atoms with Crippen LogP contribution >= 0.6 is 15.9 Å². The van der Waals surface area contributed by atoms with E-state index in [1.54, 1.807) is 12.3 Å². The molecule has 0 spiro atoms. The van der Waals surface area contributed by atoms with Crippen LogP contribution in [-0.4, -0.2) is 25.8 Å². The van der Waals surface area contributed by atoms with Crippen molar-refractivity contribution in [2.75, 3.05) is 12.4 Å². The van der Waals surface area contributed by atoms with Gasteiger partial charge in [0.2, 0.25) is 0 Å². The molecule has 0 N–H and O–H groups in total. The van der Waals surface area contributed by atoms with Crippen LogP contribution in [0.1, 0.15) is 5.56 Å². The summed E-state index contributed by atoms with van der Waals surface area (Å²) in [7, 11) is -3.43. The van der Waals surface area contributed by atoms with E-state index in [9.17, 15) is 8.42 Å². The minimum atomic E-state index is -3.43. The lowest BCUT2D eigenvalue weighted by Gasteiger charge is -2.07. The minimum Gasteiger partial charge on any atom is -0.491 e. The highest BCUT2D eigenvalue weighted by molar-refractivity contribution is 9.10. The van der Waals surface area contributed by atoms with Gasteiger partial charge in [0.25, 0.3) is 0 Å². The maximum Gasteiger partial charge on any atom is 0.181 e. The lowest BCUT2D eigenvalue weighted by Crippen LogP contribution is -2.14. The summed E-state index contributed by atoms with van der Waals surface area (Å²) in [6, 6.07) is 9.46. The van der Waals surface area contributed by atoms with Crippen LogP contribution in [0.2, 0.25) is 0 Å². The standard InChI is InChI=1S/C14H11BrN2O3S/c15-12-7-13(10-17-9-12)20-5-6-21(18,19)14-3-1-11(8-16)2-4-14/h1-4,7,9-10H,5-6H2. The summed E-state index contributed by atoms with van der Waals surface area (Å²) in [5.41, 5.74) is 0.422. The maximum absolute atomic E-state index is 12.1. The van der Waals surface area contributed by atoms with Gasteiger partial charge in [-0.3, -0.25) is 4.98 Å². The van der Waals surface area contributed by atoms with Crippen LogP contribution in [0.15, 0.2) is 52.1 Å². The predicted molar refractivity (Wildman–Crippen MR) is 80.6 cm³/mol. The van der Waals surface area contributed by atoms with Crippen molar-refractivity contribution in [2.45, 2.75) is 4.90 Å². The smallest absolute Gasteiger partial charge is 0.181 e. The summed E-state index contributed by atoms with van der Waals surface area (Å²) in [6.45, 7) is 0.0282. The molecule has 0 saturated carbocycles. The Bertz CT molecular complexity index is 768. The Hall–Kier alpha value is -1.91. The number of nitriles is 1. The van der Waals surface area contributed by atoms with Gasteiger partial charge < -0.3 is 4.74 Å². The third-order valence-electron chi connectivity index (χ3n) is 2.64. The molecule has 21 heavy (non-hydrogen) atoms. The first kappa shape index (κ1) is 15.5. The quantitative estimate of drug-likeness (QED) is 0.812. The number of benzene rings is 1. The first-order chi connectivity index (χ1) is 10.0. The molecule has 2 rings (SSSR count). The van der Waals surface area contributed by atoms with Crippen LogP contribution in [0.4, 0.5) is 0 Å². The molecule has 0 saturated heterocycles. The SMILES string of the molecule is N#Cc1ccc(S(=O)(=O)CCOc2cncc(Br)c2)cc1. The van der Waals surface area contributed by atoms with Crippen LogP contribution in [-0.2, 0) is 9.84 Å². The summed E-state index contributed by atoms with van der Waals surface area (Å²) < 4.78 is 30.3. The Morgan fingerprint density at radius 3 is 2.57 bits per heavy atom. The zero-order chi connectivity index (χ0) is 15.3. The van der Waals surface area contributed by atoms with Crippen molar-refractivity contribution in [3.63, 3.8) is 0 Å². The number of hydrogen-bond acceptors (Lipinski definition) is 5. The fourth-order valence-corrected chi connectivity index (χ4v) is 3.03. The van der Waals surface area contributed by atoms with Crippen LogP contribution in [0.5, 0.6) is 5.75 Å². The molecule has 0 unspecified atom stereocenters. The molecule has 108 valence electrons. The van der Waals surface area contributed by atoms with Gasteiger partial charge in [-0.25, -0.2) is 8.42 Å². The van der Waals surface area contributed by atoms with Crippen molar-refractivity contribution >= 4 is 25.8 Å². The van der Waals surface area contributed by atoms with E-state index in [1.165, 1.54) is 30.5 Å². The first-order valence-corrected chi connectivity index (χ1v) is 8.42. The van der Waals surface area contributed by atoms with Gasteiger partial charge in [0.15, 0.2) is 9.84 Å². The largest absolute Gasteiger partial charge is 0.491 e. The van der Waals surface area contributed by atoms with Gasteiger partial charge in [-0.15, -0.1) is 0 Å². The van der Waals surface area contributed by atoms with E-state index in [0.717, 1.165) is 4.47 Å². The molecule has 0 atom stereocenters. The van der Waals surface area contributed by atoms with E-state index < -0.39 is 9.84 Å². The van der Waals surface area contributed by atoms with Gasteiger partial charge >= 0.3 is 0 Å². The van der Waals surface area contributed by atoms with Crippen molar-refractivity contribution in [2.24, 2.45) is 0 Å². The molecule has 1 heterocycles. The molecule has 0 amide bonds. The van der Waals surface area contributed by atoms with Crippen LogP contribution < -0.4 is 4.74 Å². The van der Waals surface area contributed by atoms with Gasteiger partial charge in [-0.1, -0.05) is 0 Å². The van der Waals surface area contributed by atoms with E-state index in [4.69, 9.17) is 10.00 Å².